The number of rotatable bonds is 1. The highest BCUT2D eigenvalue weighted by molar-refractivity contribution is 7.90. The molecule has 0 bridgehead atoms. The van der Waals surface area contributed by atoms with E-state index in [1.54, 1.807) is 12.3 Å². The molecule has 0 saturated heterocycles. The number of aromatic nitrogens is 1. The molecule has 0 fully saturated rings. The largest absolute Gasteiger partial charge is 0.612 e. The predicted molar refractivity (Wildman–Crippen MR) is 70.3 cm³/mol. The molecule has 1 aromatic carbocycles. The average molecular weight is 259 g/mol. The molecule has 0 aliphatic carbocycles. The summed E-state index contributed by atoms with van der Waals surface area (Å²) in [5.41, 5.74) is 2.45. The third kappa shape index (κ3) is 1.78. The number of benzene rings is 1. The fourth-order valence-electron chi connectivity index (χ4n) is 2.36. The van der Waals surface area contributed by atoms with Crippen LogP contribution in [0.5, 0.6) is 0 Å². The highest BCUT2D eigenvalue weighted by Crippen LogP contribution is 2.23. The molecule has 0 amide bonds. The lowest BCUT2D eigenvalue weighted by Gasteiger charge is -2.08. The first kappa shape index (κ1) is 11.6. The standard InChI is InChI=1S/C14H13NO2S/c1-18(17)11-5-4-10-6-8-15-7-2-3-13(15)14(16)12(10)9-11/h2-5,7,9H,6,8H2,1H3. The Bertz CT molecular complexity index is 616. The van der Waals surface area contributed by atoms with Gasteiger partial charge in [-0.1, -0.05) is 6.07 Å². The quantitative estimate of drug-likeness (QED) is 0.735. The molecule has 1 atom stereocenters. The summed E-state index contributed by atoms with van der Waals surface area (Å²) >= 11 is -1.05. The number of ketones is 1. The number of carbonyl (C=O) groups excluding carboxylic acids is 1. The van der Waals surface area contributed by atoms with Crippen LogP contribution in [0.4, 0.5) is 0 Å². The topological polar surface area (TPSA) is 45.1 Å². The first-order chi connectivity index (χ1) is 8.66. The molecule has 1 aliphatic heterocycles. The van der Waals surface area contributed by atoms with E-state index in [-0.39, 0.29) is 5.78 Å². The molecule has 18 heavy (non-hydrogen) atoms. The minimum Gasteiger partial charge on any atom is -0.612 e. The molecular weight excluding hydrogens is 246 g/mol. The maximum Gasteiger partial charge on any atom is 0.209 e. The second kappa shape index (κ2) is 4.30. The fraction of sp³-hybridized carbons (Fsp3) is 0.214. The van der Waals surface area contributed by atoms with Gasteiger partial charge in [-0.2, -0.15) is 0 Å². The Balaban J connectivity index is 2.15. The Kier molecular flexibility index (Phi) is 2.76. The van der Waals surface area contributed by atoms with Gasteiger partial charge >= 0.3 is 0 Å². The molecule has 4 heteroatoms. The van der Waals surface area contributed by atoms with Crippen molar-refractivity contribution in [1.82, 2.24) is 4.57 Å². The maximum atomic E-state index is 12.4. The van der Waals surface area contributed by atoms with E-state index in [9.17, 15) is 9.35 Å². The molecule has 0 radical (unpaired) electrons. The van der Waals surface area contributed by atoms with Gasteiger partial charge < -0.3 is 9.12 Å². The van der Waals surface area contributed by atoms with Crippen LogP contribution in [0, 0.1) is 0 Å². The summed E-state index contributed by atoms with van der Waals surface area (Å²) in [7, 11) is 0. The van der Waals surface area contributed by atoms with Gasteiger partial charge in [0.15, 0.2) is 4.90 Å². The van der Waals surface area contributed by atoms with Gasteiger partial charge in [-0.3, -0.25) is 4.79 Å². The lowest BCUT2D eigenvalue weighted by Crippen LogP contribution is -2.07. The Morgan fingerprint density at radius 1 is 1.33 bits per heavy atom. The van der Waals surface area contributed by atoms with Gasteiger partial charge in [-0.15, -0.1) is 0 Å². The minimum absolute atomic E-state index is 0.0276. The van der Waals surface area contributed by atoms with Crippen LogP contribution in [0.1, 0.15) is 21.6 Å². The highest BCUT2D eigenvalue weighted by Gasteiger charge is 2.22. The molecule has 0 saturated carbocycles. The summed E-state index contributed by atoms with van der Waals surface area (Å²) in [6, 6.07) is 9.28. The number of carbonyl (C=O) groups is 1. The lowest BCUT2D eigenvalue weighted by molar-refractivity contribution is 0.103. The molecule has 3 nitrogen and oxygen atoms in total. The van der Waals surface area contributed by atoms with Crippen molar-refractivity contribution in [3.8, 4) is 0 Å². The molecule has 1 aromatic heterocycles. The van der Waals surface area contributed by atoms with Gasteiger partial charge in [-0.25, -0.2) is 0 Å². The molecule has 1 aliphatic rings. The predicted octanol–water partition coefficient (Wildman–Crippen LogP) is 2.01. The summed E-state index contributed by atoms with van der Waals surface area (Å²) in [6.07, 6.45) is 4.39. The summed E-state index contributed by atoms with van der Waals surface area (Å²) in [5, 5.41) is 0. The van der Waals surface area contributed by atoms with Crippen LogP contribution < -0.4 is 0 Å². The van der Waals surface area contributed by atoms with E-state index in [2.05, 4.69) is 0 Å². The van der Waals surface area contributed by atoms with Gasteiger partial charge in [0.1, 0.15) is 6.26 Å². The van der Waals surface area contributed by atoms with Crippen molar-refractivity contribution in [1.29, 1.82) is 0 Å². The summed E-state index contributed by atoms with van der Waals surface area (Å²) in [5.74, 6) is 0.0276. The van der Waals surface area contributed by atoms with Gasteiger partial charge in [-0.05, 0) is 41.4 Å². The molecule has 3 rings (SSSR count). The van der Waals surface area contributed by atoms with Crippen molar-refractivity contribution in [2.75, 3.05) is 6.26 Å². The lowest BCUT2D eigenvalue weighted by atomic mass is 10.0. The van der Waals surface area contributed by atoms with E-state index in [0.717, 1.165) is 18.5 Å². The number of hydrogen-bond acceptors (Lipinski definition) is 2. The van der Waals surface area contributed by atoms with Gasteiger partial charge in [0, 0.05) is 24.4 Å². The average Bonchev–Trinajstić information content (AvgIpc) is 2.79. The van der Waals surface area contributed by atoms with Crippen LogP contribution in [-0.4, -0.2) is 21.2 Å². The van der Waals surface area contributed by atoms with E-state index in [1.807, 2.05) is 35.0 Å². The van der Waals surface area contributed by atoms with Crippen LogP contribution in [-0.2, 0) is 24.1 Å². The van der Waals surface area contributed by atoms with Crippen molar-refractivity contribution in [2.45, 2.75) is 17.9 Å². The smallest absolute Gasteiger partial charge is 0.209 e. The number of nitrogens with zero attached hydrogens (tertiary/aromatic N) is 1. The van der Waals surface area contributed by atoms with Crippen molar-refractivity contribution >= 4 is 17.0 Å². The van der Waals surface area contributed by atoms with Gasteiger partial charge in [0.25, 0.3) is 0 Å². The Hall–Kier alpha value is -1.52. The van der Waals surface area contributed by atoms with Crippen molar-refractivity contribution in [3.63, 3.8) is 0 Å². The van der Waals surface area contributed by atoms with E-state index in [0.29, 0.717) is 16.2 Å². The monoisotopic (exact) mass is 259 g/mol. The molecule has 2 aromatic rings. The Morgan fingerprint density at radius 2 is 2.17 bits per heavy atom. The van der Waals surface area contributed by atoms with Gasteiger partial charge in [0.2, 0.25) is 5.78 Å². The molecule has 92 valence electrons. The van der Waals surface area contributed by atoms with Crippen molar-refractivity contribution < 1.29 is 9.35 Å². The zero-order chi connectivity index (χ0) is 12.7. The summed E-state index contributed by atoms with van der Waals surface area (Å²) < 4.78 is 13.5. The normalized spacial score (nSPS) is 15.8. The third-order valence-corrected chi connectivity index (χ3v) is 4.26. The highest BCUT2D eigenvalue weighted by atomic mass is 32.2. The molecule has 1 unspecified atom stereocenters. The fourth-order valence-corrected chi connectivity index (χ4v) is 2.90. The second-order valence-corrected chi connectivity index (χ2v) is 5.82. The summed E-state index contributed by atoms with van der Waals surface area (Å²) in [6.45, 7) is 0.815. The molecule has 0 N–H and O–H groups in total. The van der Waals surface area contributed by atoms with Crippen molar-refractivity contribution in [2.24, 2.45) is 0 Å². The summed E-state index contributed by atoms with van der Waals surface area (Å²) in [4.78, 5) is 13.2. The number of hydrogen-bond donors (Lipinski definition) is 0. The van der Waals surface area contributed by atoms with E-state index < -0.39 is 11.2 Å². The number of fused-ring (bicyclic) bond motifs is 2. The first-order valence-electron chi connectivity index (χ1n) is 5.83. The van der Waals surface area contributed by atoms with Crippen LogP contribution in [0.15, 0.2) is 41.4 Å². The van der Waals surface area contributed by atoms with E-state index >= 15 is 0 Å². The van der Waals surface area contributed by atoms with E-state index in [4.69, 9.17) is 0 Å². The maximum absolute atomic E-state index is 12.4. The van der Waals surface area contributed by atoms with Gasteiger partial charge in [0.05, 0.1) is 5.69 Å². The molecule has 2 heterocycles. The zero-order valence-corrected chi connectivity index (χ0v) is 10.9. The number of aryl methyl sites for hydroxylation is 2. The molecule has 0 spiro atoms. The van der Waals surface area contributed by atoms with Crippen LogP contribution in [0.25, 0.3) is 0 Å². The van der Waals surface area contributed by atoms with Crippen LogP contribution in [0.3, 0.4) is 0 Å². The Morgan fingerprint density at radius 3 is 2.94 bits per heavy atom. The second-order valence-electron chi connectivity index (χ2n) is 4.44. The van der Waals surface area contributed by atoms with E-state index in [1.165, 1.54) is 0 Å². The third-order valence-electron chi connectivity index (χ3n) is 3.34. The van der Waals surface area contributed by atoms with Crippen LogP contribution >= 0.6 is 0 Å². The molecular formula is C14H13NO2S. The van der Waals surface area contributed by atoms with Crippen molar-refractivity contribution in [3.05, 3.63) is 53.3 Å². The zero-order valence-electron chi connectivity index (χ0n) is 10.1. The SMILES string of the molecule is C[S+]([O-])c1ccc2c(c1)C(=O)c1cccn1CC2. The first-order valence-corrected chi connectivity index (χ1v) is 7.39. The minimum atomic E-state index is -1.05. The van der Waals surface area contributed by atoms with Crippen LogP contribution in [0.2, 0.25) is 0 Å². The Labute approximate surface area is 109 Å².